The van der Waals surface area contributed by atoms with Gasteiger partial charge in [-0.15, -0.1) is 11.6 Å². The van der Waals surface area contributed by atoms with E-state index in [9.17, 15) is 9.18 Å². The van der Waals surface area contributed by atoms with Crippen molar-refractivity contribution in [3.05, 3.63) is 30.1 Å². The Balaban J connectivity index is 2.18. The van der Waals surface area contributed by atoms with Crippen LogP contribution in [0.25, 0.3) is 0 Å². The number of alkyl halides is 1. The van der Waals surface area contributed by atoms with Gasteiger partial charge in [0.25, 0.3) is 0 Å². The summed E-state index contributed by atoms with van der Waals surface area (Å²) in [5.41, 5.74) is 0.619. The average molecular weight is 230 g/mol. The molecule has 5 heteroatoms. The number of carbonyl (C=O) groups is 1. The second kappa shape index (κ2) is 4.06. The number of nitrogens with zero attached hydrogens (tertiary/aromatic N) is 1. The van der Waals surface area contributed by atoms with Crippen molar-refractivity contribution in [3.8, 4) is 0 Å². The first-order chi connectivity index (χ1) is 7.20. The molecule has 1 fully saturated rings. The van der Waals surface area contributed by atoms with Crippen molar-refractivity contribution in [1.82, 2.24) is 0 Å². The molecule has 0 saturated carbocycles. The van der Waals surface area contributed by atoms with Crippen LogP contribution in [0.2, 0.25) is 0 Å². The minimum absolute atomic E-state index is 0.267. The number of carbonyl (C=O) groups excluding carboxylic acids is 1. The second-order valence-corrected chi connectivity index (χ2v) is 3.56. The predicted octanol–water partition coefficient (Wildman–Crippen LogP) is 2.39. The van der Waals surface area contributed by atoms with E-state index >= 15 is 0 Å². The molecule has 1 unspecified atom stereocenters. The van der Waals surface area contributed by atoms with Crippen LogP contribution in [-0.2, 0) is 4.74 Å². The Morgan fingerprint density at radius 3 is 2.67 bits per heavy atom. The van der Waals surface area contributed by atoms with Crippen LogP contribution >= 0.6 is 11.6 Å². The Kier molecular flexibility index (Phi) is 2.77. The molecule has 1 aromatic carbocycles. The number of benzene rings is 1. The van der Waals surface area contributed by atoms with E-state index in [4.69, 9.17) is 16.3 Å². The third kappa shape index (κ3) is 2.04. The van der Waals surface area contributed by atoms with Gasteiger partial charge in [0.1, 0.15) is 11.9 Å². The lowest BCUT2D eigenvalue weighted by atomic mass is 10.3. The Bertz CT molecular complexity index is 368. The molecule has 0 spiro atoms. The van der Waals surface area contributed by atoms with Gasteiger partial charge >= 0.3 is 6.09 Å². The standard InChI is InChI=1S/C10H9ClFNO2/c11-5-9-6-13(10(14)15-9)8-3-1-7(12)2-4-8/h1-4,9H,5-6H2. The van der Waals surface area contributed by atoms with Crippen molar-refractivity contribution < 1.29 is 13.9 Å². The van der Waals surface area contributed by atoms with E-state index in [1.807, 2.05) is 0 Å². The van der Waals surface area contributed by atoms with Crippen molar-refractivity contribution in [2.45, 2.75) is 6.10 Å². The third-order valence-corrected chi connectivity index (χ3v) is 2.53. The molecule has 1 aromatic rings. The summed E-state index contributed by atoms with van der Waals surface area (Å²) in [5.74, 6) is -0.0658. The Morgan fingerprint density at radius 2 is 2.13 bits per heavy atom. The first kappa shape index (κ1) is 10.2. The van der Waals surface area contributed by atoms with Crippen LogP contribution in [0, 0.1) is 5.82 Å². The molecule has 2 rings (SSSR count). The summed E-state index contributed by atoms with van der Waals surface area (Å²) in [5, 5.41) is 0. The first-order valence-corrected chi connectivity index (χ1v) is 5.04. The minimum Gasteiger partial charge on any atom is -0.443 e. The summed E-state index contributed by atoms with van der Waals surface area (Å²) >= 11 is 5.59. The molecule has 3 nitrogen and oxygen atoms in total. The molecule has 0 aliphatic carbocycles. The molecule has 1 saturated heterocycles. The molecular weight excluding hydrogens is 221 g/mol. The summed E-state index contributed by atoms with van der Waals surface area (Å²) in [7, 11) is 0. The fourth-order valence-electron chi connectivity index (χ4n) is 1.43. The largest absolute Gasteiger partial charge is 0.443 e. The van der Waals surface area contributed by atoms with Crippen molar-refractivity contribution in [1.29, 1.82) is 0 Å². The highest BCUT2D eigenvalue weighted by atomic mass is 35.5. The monoisotopic (exact) mass is 229 g/mol. The van der Waals surface area contributed by atoms with Crippen molar-refractivity contribution in [2.75, 3.05) is 17.3 Å². The number of cyclic esters (lactones) is 1. The summed E-state index contributed by atoms with van der Waals surface area (Å²) in [6.45, 7) is 0.411. The maximum Gasteiger partial charge on any atom is 0.414 e. The number of amides is 1. The Morgan fingerprint density at radius 1 is 1.47 bits per heavy atom. The van der Waals surface area contributed by atoms with Crippen molar-refractivity contribution in [2.24, 2.45) is 0 Å². The van der Waals surface area contributed by atoms with Gasteiger partial charge in [-0.3, -0.25) is 4.90 Å². The van der Waals surface area contributed by atoms with Crippen LogP contribution in [0.15, 0.2) is 24.3 Å². The van der Waals surface area contributed by atoms with E-state index in [0.717, 1.165) is 0 Å². The Hall–Kier alpha value is -1.29. The molecule has 0 N–H and O–H groups in total. The lowest BCUT2D eigenvalue weighted by Crippen LogP contribution is -2.24. The minimum atomic E-state index is -0.438. The number of rotatable bonds is 2. The molecule has 1 amide bonds. The molecule has 15 heavy (non-hydrogen) atoms. The summed E-state index contributed by atoms with van der Waals surface area (Å²) in [6.07, 6.45) is -0.725. The third-order valence-electron chi connectivity index (χ3n) is 2.18. The highest BCUT2D eigenvalue weighted by molar-refractivity contribution is 6.18. The number of ether oxygens (including phenoxy) is 1. The van der Waals surface area contributed by atoms with E-state index in [1.54, 1.807) is 0 Å². The highest BCUT2D eigenvalue weighted by Crippen LogP contribution is 2.22. The van der Waals surface area contributed by atoms with Gasteiger partial charge < -0.3 is 4.74 Å². The fraction of sp³-hybridized carbons (Fsp3) is 0.300. The van der Waals surface area contributed by atoms with Gasteiger partial charge in [0.05, 0.1) is 12.4 Å². The fourth-order valence-corrected chi connectivity index (χ4v) is 1.59. The molecule has 0 bridgehead atoms. The zero-order valence-corrected chi connectivity index (χ0v) is 8.58. The van der Waals surface area contributed by atoms with Crippen LogP contribution in [0.1, 0.15) is 0 Å². The van der Waals surface area contributed by atoms with Crippen LogP contribution in [-0.4, -0.2) is 24.6 Å². The van der Waals surface area contributed by atoms with Crippen molar-refractivity contribution >= 4 is 23.4 Å². The van der Waals surface area contributed by atoms with E-state index in [1.165, 1.54) is 29.2 Å². The lowest BCUT2D eigenvalue weighted by molar-refractivity contribution is 0.151. The molecule has 1 heterocycles. The van der Waals surface area contributed by atoms with Gasteiger partial charge in [0.2, 0.25) is 0 Å². The van der Waals surface area contributed by atoms with E-state index in [0.29, 0.717) is 12.2 Å². The normalized spacial score (nSPS) is 20.5. The summed E-state index contributed by atoms with van der Waals surface area (Å²) in [4.78, 5) is 12.8. The Labute approximate surface area is 91.4 Å². The van der Waals surface area contributed by atoms with Crippen LogP contribution in [0.3, 0.4) is 0 Å². The van der Waals surface area contributed by atoms with Crippen LogP contribution < -0.4 is 4.90 Å². The average Bonchev–Trinajstić information content (AvgIpc) is 2.61. The van der Waals surface area contributed by atoms with Gasteiger partial charge in [0.15, 0.2) is 0 Å². The summed E-state index contributed by atoms with van der Waals surface area (Å²) < 4.78 is 17.6. The molecule has 0 aromatic heterocycles. The van der Waals surface area contributed by atoms with E-state index < -0.39 is 6.09 Å². The van der Waals surface area contributed by atoms with Gasteiger partial charge in [-0.05, 0) is 24.3 Å². The van der Waals surface area contributed by atoms with E-state index in [-0.39, 0.29) is 17.8 Å². The summed E-state index contributed by atoms with van der Waals surface area (Å²) in [6, 6.07) is 5.67. The molecule has 1 aliphatic rings. The maximum absolute atomic E-state index is 12.7. The molecule has 1 aliphatic heterocycles. The van der Waals surface area contributed by atoms with Gasteiger partial charge in [-0.2, -0.15) is 0 Å². The topological polar surface area (TPSA) is 29.5 Å². The molecule has 0 radical (unpaired) electrons. The predicted molar refractivity (Wildman–Crippen MR) is 54.7 cm³/mol. The zero-order valence-electron chi connectivity index (χ0n) is 7.82. The lowest BCUT2D eigenvalue weighted by Gasteiger charge is -2.12. The second-order valence-electron chi connectivity index (χ2n) is 3.25. The molecular formula is C10H9ClFNO2. The first-order valence-electron chi connectivity index (χ1n) is 4.50. The van der Waals surface area contributed by atoms with Gasteiger partial charge in [0, 0.05) is 5.69 Å². The smallest absolute Gasteiger partial charge is 0.414 e. The maximum atomic E-state index is 12.7. The number of hydrogen-bond donors (Lipinski definition) is 0. The molecule has 1 atom stereocenters. The van der Waals surface area contributed by atoms with Crippen LogP contribution in [0.4, 0.5) is 14.9 Å². The van der Waals surface area contributed by atoms with Gasteiger partial charge in [-0.1, -0.05) is 0 Å². The number of hydrogen-bond acceptors (Lipinski definition) is 2. The number of anilines is 1. The zero-order chi connectivity index (χ0) is 10.8. The van der Waals surface area contributed by atoms with E-state index in [2.05, 4.69) is 0 Å². The quantitative estimate of drug-likeness (QED) is 0.729. The van der Waals surface area contributed by atoms with Crippen molar-refractivity contribution in [3.63, 3.8) is 0 Å². The van der Waals surface area contributed by atoms with Crippen LogP contribution in [0.5, 0.6) is 0 Å². The highest BCUT2D eigenvalue weighted by Gasteiger charge is 2.31. The number of halogens is 2. The molecule has 80 valence electrons. The SMILES string of the molecule is O=C1OC(CCl)CN1c1ccc(F)cc1. The van der Waals surface area contributed by atoms with Gasteiger partial charge in [-0.25, -0.2) is 9.18 Å².